The van der Waals surface area contributed by atoms with Crippen molar-refractivity contribution >= 4 is 17.5 Å². The fourth-order valence-electron chi connectivity index (χ4n) is 5.91. The van der Waals surface area contributed by atoms with Gasteiger partial charge in [-0.3, -0.25) is 19.4 Å². The maximum atomic E-state index is 13.4. The number of nitrogens with zero attached hydrogens (tertiary/aromatic N) is 3. The first-order chi connectivity index (χ1) is 16.1. The van der Waals surface area contributed by atoms with Gasteiger partial charge in [-0.25, -0.2) is 0 Å². The lowest BCUT2D eigenvalue weighted by atomic mass is 9.59. The predicted molar refractivity (Wildman–Crippen MR) is 129 cm³/mol. The molecule has 0 radical (unpaired) electrons. The highest BCUT2D eigenvalue weighted by molar-refractivity contribution is 6.10. The number of aryl methyl sites for hydroxylation is 2. The first-order valence-electron chi connectivity index (χ1n) is 11.9. The second-order valence-corrected chi connectivity index (χ2v) is 10.3. The molecule has 0 unspecified atom stereocenters. The van der Waals surface area contributed by atoms with Crippen molar-refractivity contribution in [2.45, 2.75) is 58.3 Å². The van der Waals surface area contributed by atoms with E-state index in [2.05, 4.69) is 11.1 Å². The van der Waals surface area contributed by atoms with Gasteiger partial charge in [0.15, 0.2) is 0 Å². The van der Waals surface area contributed by atoms with Crippen molar-refractivity contribution < 1.29 is 14.4 Å². The highest BCUT2D eigenvalue weighted by Crippen LogP contribution is 2.50. The van der Waals surface area contributed by atoms with Gasteiger partial charge in [-0.05, 0) is 85.9 Å². The standard InChI is InChI=1S/C28H31N3O3/c1-17-11-21(22-6-5-19(15-29)16-30-22)12-18(2)25(17)26-23(32)13-28(14-24(26)33)9-7-20(8-10-28)27(34)31(3)4/h5-6,11-12,16,20,26H,7-10,13-14H2,1-4H3. The second-order valence-electron chi connectivity index (χ2n) is 10.3. The van der Waals surface area contributed by atoms with Crippen molar-refractivity contribution in [3.63, 3.8) is 0 Å². The molecule has 2 saturated carbocycles. The first kappa shape index (κ1) is 23.8. The number of nitriles is 1. The summed E-state index contributed by atoms with van der Waals surface area (Å²) in [5.41, 5.74) is 4.50. The van der Waals surface area contributed by atoms with E-state index in [9.17, 15) is 14.4 Å². The highest BCUT2D eigenvalue weighted by Gasteiger charge is 2.48. The van der Waals surface area contributed by atoms with E-state index in [0.717, 1.165) is 53.6 Å². The molecule has 0 atom stereocenters. The van der Waals surface area contributed by atoms with Gasteiger partial charge < -0.3 is 4.90 Å². The second kappa shape index (κ2) is 9.13. The van der Waals surface area contributed by atoms with Gasteiger partial charge in [0.1, 0.15) is 23.6 Å². The molecule has 4 rings (SSSR count). The topological polar surface area (TPSA) is 91.1 Å². The Hall–Kier alpha value is -3.33. The first-order valence-corrected chi connectivity index (χ1v) is 11.9. The van der Waals surface area contributed by atoms with Crippen molar-refractivity contribution in [3.8, 4) is 17.3 Å². The quantitative estimate of drug-likeness (QED) is 0.632. The Bertz CT molecular complexity index is 1140. The zero-order chi connectivity index (χ0) is 24.6. The van der Waals surface area contributed by atoms with E-state index < -0.39 is 5.92 Å². The van der Waals surface area contributed by atoms with Crippen LogP contribution in [0.3, 0.4) is 0 Å². The zero-order valence-electron chi connectivity index (χ0n) is 20.4. The van der Waals surface area contributed by atoms with E-state index in [4.69, 9.17) is 5.26 Å². The highest BCUT2D eigenvalue weighted by atomic mass is 16.2. The molecule has 0 N–H and O–H groups in total. The van der Waals surface area contributed by atoms with Crippen LogP contribution in [0.2, 0.25) is 0 Å². The number of hydrogen-bond acceptors (Lipinski definition) is 5. The Labute approximate surface area is 201 Å². The van der Waals surface area contributed by atoms with Crippen LogP contribution in [-0.2, 0) is 14.4 Å². The van der Waals surface area contributed by atoms with Gasteiger partial charge in [-0.15, -0.1) is 0 Å². The van der Waals surface area contributed by atoms with Crippen molar-refractivity contribution in [1.82, 2.24) is 9.88 Å². The number of benzene rings is 1. The van der Waals surface area contributed by atoms with E-state index in [-0.39, 0.29) is 28.8 Å². The van der Waals surface area contributed by atoms with Gasteiger partial charge in [-0.1, -0.05) is 0 Å². The van der Waals surface area contributed by atoms with Gasteiger partial charge in [0, 0.05) is 44.6 Å². The Morgan fingerprint density at radius 3 is 2.12 bits per heavy atom. The molecule has 0 aliphatic heterocycles. The fourth-order valence-corrected chi connectivity index (χ4v) is 5.91. The monoisotopic (exact) mass is 457 g/mol. The molecule has 1 aromatic carbocycles. The summed E-state index contributed by atoms with van der Waals surface area (Å²) in [6.07, 6.45) is 5.35. The smallest absolute Gasteiger partial charge is 0.225 e. The van der Waals surface area contributed by atoms with Crippen molar-refractivity contribution in [2.24, 2.45) is 11.3 Å². The zero-order valence-corrected chi connectivity index (χ0v) is 20.4. The molecule has 1 spiro atoms. The summed E-state index contributed by atoms with van der Waals surface area (Å²) in [7, 11) is 3.55. The number of hydrogen-bond donors (Lipinski definition) is 0. The Morgan fingerprint density at radius 2 is 1.65 bits per heavy atom. The molecule has 0 saturated heterocycles. The summed E-state index contributed by atoms with van der Waals surface area (Å²) in [4.78, 5) is 45.1. The van der Waals surface area contributed by atoms with E-state index in [1.807, 2.05) is 32.0 Å². The lowest BCUT2D eigenvalue weighted by molar-refractivity contribution is -0.139. The molecule has 2 aromatic rings. The van der Waals surface area contributed by atoms with Crippen LogP contribution >= 0.6 is 0 Å². The van der Waals surface area contributed by atoms with E-state index in [1.165, 1.54) is 0 Å². The van der Waals surface area contributed by atoms with Crippen molar-refractivity contribution in [3.05, 3.63) is 52.7 Å². The SMILES string of the molecule is Cc1cc(-c2ccc(C#N)cn2)cc(C)c1C1C(=O)CC2(CCC(C(=O)N(C)C)CC2)CC1=O. The van der Waals surface area contributed by atoms with Crippen LogP contribution in [0, 0.1) is 36.5 Å². The molecule has 1 heterocycles. The van der Waals surface area contributed by atoms with Crippen LogP contribution in [0.25, 0.3) is 11.3 Å². The third kappa shape index (κ3) is 4.40. The van der Waals surface area contributed by atoms with Crippen LogP contribution in [0.5, 0.6) is 0 Å². The summed E-state index contributed by atoms with van der Waals surface area (Å²) >= 11 is 0. The maximum absolute atomic E-state index is 13.4. The number of aromatic nitrogens is 1. The molecule has 2 aliphatic rings. The average Bonchev–Trinajstić information content (AvgIpc) is 2.80. The number of pyridine rings is 1. The normalized spacial score (nSPS) is 24.7. The lowest BCUT2D eigenvalue weighted by Crippen LogP contribution is -2.43. The minimum atomic E-state index is -0.713. The minimum absolute atomic E-state index is 0.00331. The molecule has 1 aromatic heterocycles. The van der Waals surface area contributed by atoms with E-state index in [0.29, 0.717) is 18.4 Å². The van der Waals surface area contributed by atoms with Crippen LogP contribution < -0.4 is 0 Å². The summed E-state index contributed by atoms with van der Waals surface area (Å²) in [6.45, 7) is 3.89. The Morgan fingerprint density at radius 1 is 1.06 bits per heavy atom. The van der Waals surface area contributed by atoms with E-state index >= 15 is 0 Å². The van der Waals surface area contributed by atoms with Crippen LogP contribution in [0.1, 0.15) is 66.7 Å². The van der Waals surface area contributed by atoms with Gasteiger partial charge in [0.05, 0.1) is 11.3 Å². The molecule has 2 aliphatic carbocycles. The van der Waals surface area contributed by atoms with E-state index in [1.54, 1.807) is 31.3 Å². The summed E-state index contributed by atoms with van der Waals surface area (Å²) in [5.74, 6) is -0.566. The van der Waals surface area contributed by atoms with Gasteiger partial charge in [-0.2, -0.15) is 5.26 Å². The van der Waals surface area contributed by atoms with Gasteiger partial charge in [0.25, 0.3) is 0 Å². The molecular formula is C28H31N3O3. The minimum Gasteiger partial charge on any atom is -0.349 e. The third-order valence-electron chi connectivity index (χ3n) is 7.65. The number of Topliss-reactive ketones (excluding diaryl/α,β-unsaturated/α-hetero) is 2. The molecular weight excluding hydrogens is 426 g/mol. The summed E-state index contributed by atoms with van der Waals surface area (Å²) in [5, 5.41) is 9.00. The number of carbonyl (C=O) groups is 3. The van der Waals surface area contributed by atoms with Gasteiger partial charge in [0.2, 0.25) is 5.91 Å². The van der Waals surface area contributed by atoms with Gasteiger partial charge >= 0.3 is 0 Å². The van der Waals surface area contributed by atoms with Crippen molar-refractivity contribution in [1.29, 1.82) is 5.26 Å². The summed E-state index contributed by atoms with van der Waals surface area (Å²) < 4.78 is 0. The van der Waals surface area contributed by atoms with Crippen LogP contribution in [0.15, 0.2) is 30.5 Å². The molecule has 6 nitrogen and oxygen atoms in total. The molecule has 6 heteroatoms. The lowest BCUT2D eigenvalue weighted by Gasteiger charge is -2.43. The largest absolute Gasteiger partial charge is 0.349 e. The number of amides is 1. The fraction of sp³-hybridized carbons (Fsp3) is 0.464. The molecule has 176 valence electrons. The number of ketones is 2. The Kier molecular flexibility index (Phi) is 6.40. The van der Waals surface area contributed by atoms with Crippen LogP contribution in [-0.4, -0.2) is 41.5 Å². The summed E-state index contributed by atoms with van der Waals surface area (Å²) in [6, 6.07) is 9.56. The molecule has 0 bridgehead atoms. The Balaban J connectivity index is 1.55. The van der Waals surface area contributed by atoms with Crippen molar-refractivity contribution in [2.75, 3.05) is 14.1 Å². The molecule has 2 fully saturated rings. The molecule has 1 amide bonds. The average molecular weight is 458 g/mol. The maximum Gasteiger partial charge on any atom is 0.225 e. The predicted octanol–water partition coefficient (Wildman–Crippen LogP) is 4.52. The third-order valence-corrected chi connectivity index (χ3v) is 7.65. The number of carbonyl (C=O) groups excluding carboxylic acids is 3. The van der Waals surface area contributed by atoms with Crippen LogP contribution in [0.4, 0.5) is 0 Å². The number of rotatable bonds is 3. The molecule has 34 heavy (non-hydrogen) atoms.